The summed E-state index contributed by atoms with van der Waals surface area (Å²) in [5, 5.41) is 8.59. The summed E-state index contributed by atoms with van der Waals surface area (Å²) in [6, 6.07) is -0.323. The maximum Gasteiger partial charge on any atom is 0.320 e. The lowest BCUT2D eigenvalue weighted by Crippen LogP contribution is -2.38. The molecule has 1 aliphatic heterocycles. The largest absolute Gasteiger partial charge is 0.480 e. The summed E-state index contributed by atoms with van der Waals surface area (Å²) in [6.07, 6.45) is 1.52. The Balaban J connectivity index is 2.19. The van der Waals surface area contributed by atoms with E-state index in [4.69, 9.17) is 15.6 Å². The fourth-order valence-corrected chi connectivity index (χ4v) is 1.52. The molecule has 0 bridgehead atoms. The van der Waals surface area contributed by atoms with Gasteiger partial charge in [0.05, 0.1) is 6.61 Å². The number of ether oxygens (including phenoxy) is 1. The van der Waals surface area contributed by atoms with Gasteiger partial charge in [0.25, 0.3) is 0 Å². The SMILES string of the molecule is CN(CCC(N)C(=O)O)C1CCOC1. The minimum Gasteiger partial charge on any atom is -0.480 e. The van der Waals surface area contributed by atoms with Crippen LogP contribution in [0, 0.1) is 0 Å². The maximum absolute atomic E-state index is 10.5. The molecule has 0 aromatic rings. The van der Waals surface area contributed by atoms with E-state index in [0.29, 0.717) is 19.0 Å². The molecule has 82 valence electrons. The number of nitrogens with zero attached hydrogens (tertiary/aromatic N) is 1. The van der Waals surface area contributed by atoms with Gasteiger partial charge < -0.3 is 20.5 Å². The normalized spacial score (nSPS) is 24.1. The van der Waals surface area contributed by atoms with Gasteiger partial charge in [-0.05, 0) is 19.9 Å². The fourth-order valence-electron chi connectivity index (χ4n) is 1.52. The fraction of sp³-hybridized carbons (Fsp3) is 0.889. The molecule has 0 radical (unpaired) electrons. The van der Waals surface area contributed by atoms with E-state index in [0.717, 1.165) is 19.6 Å². The molecule has 0 aromatic carbocycles. The molecule has 1 saturated heterocycles. The number of hydrogen-bond donors (Lipinski definition) is 2. The molecule has 2 atom stereocenters. The molecular formula is C9H18N2O3. The van der Waals surface area contributed by atoms with Gasteiger partial charge in [-0.3, -0.25) is 4.79 Å². The van der Waals surface area contributed by atoms with Crippen LogP contribution in [0.15, 0.2) is 0 Å². The first-order chi connectivity index (χ1) is 6.61. The first-order valence-electron chi connectivity index (χ1n) is 4.87. The van der Waals surface area contributed by atoms with E-state index in [1.54, 1.807) is 0 Å². The van der Waals surface area contributed by atoms with Crippen LogP contribution >= 0.6 is 0 Å². The first kappa shape index (κ1) is 11.4. The average molecular weight is 202 g/mol. The summed E-state index contributed by atoms with van der Waals surface area (Å²) >= 11 is 0. The lowest BCUT2D eigenvalue weighted by atomic mass is 10.2. The van der Waals surface area contributed by atoms with Crippen molar-refractivity contribution in [2.75, 3.05) is 26.8 Å². The Kier molecular flexibility index (Phi) is 4.31. The Hall–Kier alpha value is -0.650. The molecule has 2 unspecified atom stereocenters. The van der Waals surface area contributed by atoms with Crippen LogP contribution in [-0.2, 0) is 9.53 Å². The number of aliphatic carboxylic acids is 1. The summed E-state index contributed by atoms with van der Waals surface area (Å²) in [4.78, 5) is 12.6. The second-order valence-electron chi connectivity index (χ2n) is 3.73. The quantitative estimate of drug-likeness (QED) is 0.629. The molecule has 0 aliphatic carbocycles. The third-order valence-electron chi connectivity index (χ3n) is 2.64. The van der Waals surface area contributed by atoms with Crippen molar-refractivity contribution in [1.29, 1.82) is 0 Å². The molecule has 0 saturated carbocycles. The minimum absolute atomic E-state index is 0.427. The van der Waals surface area contributed by atoms with Gasteiger partial charge in [0.2, 0.25) is 0 Å². The van der Waals surface area contributed by atoms with Crippen molar-refractivity contribution in [3.05, 3.63) is 0 Å². The molecule has 1 rings (SSSR count). The summed E-state index contributed by atoms with van der Waals surface area (Å²) in [5.74, 6) is -0.930. The van der Waals surface area contributed by atoms with Crippen molar-refractivity contribution in [2.45, 2.75) is 24.9 Å². The van der Waals surface area contributed by atoms with E-state index in [2.05, 4.69) is 4.90 Å². The molecule has 1 heterocycles. The molecule has 1 aliphatic rings. The van der Waals surface area contributed by atoms with Crippen molar-refractivity contribution >= 4 is 5.97 Å². The van der Waals surface area contributed by atoms with E-state index >= 15 is 0 Å². The average Bonchev–Trinajstić information content (AvgIpc) is 2.66. The third-order valence-corrected chi connectivity index (χ3v) is 2.64. The van der Waals surface area contributed by atoms with Crippen LogP contribution in [0.4, 0.5) is 0 Å². The Morgan fingerprint density at radius 2 is 2.50 bits per heavy atom. The van der Waals surface area contributed by atoms with Crippen molar-refractivity contribution in [2.24, 2.45) is 5.73 Å². The zero-order chi connectivity index (χ0) is 10.6. The Bertz CT molecular complexity index is 192. The number of carboxylic acid groups (broad SMARTS) is 1. The lowest BCUT2D eigenvalue weighted by molar-refractivity contribution is -0.138. The highest BCUT2D eigenvalue weighted by Gasteiger charge is 2.21. The van der Waals surface area contributed by atoms with Crippen LogP contribution in [-0.4, -0.2) is 54.9 Å². The predicted molar refractivity (Wildman–Crippen MR) is 52.1 cm³/mol. The van der Waals surface area contributed by atoms with Crippen LogP contribution < -0.4 is 5.73 Å². The number of carboxylic acids is 1. The molecule has 0 aromatic heterocycles. The van der Waals surface area contributed by atoms with Crippen molar-refractivity contribution < 1.29 is 14.6 Å². The van der Waals surface area contributed by atoms with Gasteiger partial charge in [0.15, 0.2) is 0 Å². The Morgan fingerprint density at radius 3 is 3.00 bits per heavy atom. The topological polar surface area (TPSA) is 75.8 Å². The molecule has 3 N–H and O–H groups in total. The molecule has 5 nitrogen and oxygen atoms in total. The Morgan fingerprint density at radius 1 is 1.79 bits per heavy atom. The number of likely N-dealkylation sites (N-methyl/N-ethyl adjacent to an activating group) is 1. The predicted octanol–water partition coefficient (Wildman–Crippen LogP) is -0.491. The molecule has 1 fully saturated rings. The molecule has 5 heteroatoms. The van der Waals surface area contributed by atoms with Crippen molar-refractivity contribution in [3.8, 4) is 0 Å². The maximum atomic E-state index is 10.5. The van der Waals surface area contributed by atoms with Crippen molar-refractivity contribution in [1.82, 2.24) is 4.90 Å². The summed E-state index contributed by atoms with van der Waals surface area (Å²) in [6.45, 7) is 2.26. The van der Waals surface area contributed by atoms with Gasteiger partial charge in [0, 0.05) is 19.2 Å². The minimum atomic E-state index is -0.930. The number of hydrogen-bond acceptors (Lipinski definition) is 4. The second kappa shape index (κ2) is 5.29. The van der Waals surface area contributed by atoms with Crippen molar-refractivity contribution in [3.63, 3.8) is 0 Å². The van der Waals surface area contributed by atoms with Gasteiger partial charge in [-0.15, -0.1) is 0 Å². The summed E-state index contributed by atoms with van der Waals surface area (Å²) in [7, 11) is 1.98. The third kappa shape index (κ3) is 3.25. The van der Waals surface area contributed by atoms with Crippen LogP contribution in [0.25, 0.3) is 0 Å². The molecule has 0 spiro atoms. The van der Waals surface area contributed by atoms with E-state index in [-0.39, 0.29) is 0 Å². The van der Waals surface area contributed by atoms with Gasteiger partial charge >= 0.3 is 5.97 Å². The molecular weight excluding hydrogens is 184 g/mol. The van der Waals surface area contributed by atoms with E-state index in [9.17, 15) is 4.79 Å². The van der Waals surface area contributed by atoms with E-state index < -0.39 is 12.0 Å². The number of rotatable bonds is 5. The van der Waals surface area contributed by atoms with Crippen LogP contribution in [0.3, 0.4) is 0 Å². The van der Waals surface area contributed by atoms with Crippen LogP contribution in [0.2, 0.25) is 0 Å². The second-order valence-corrected chi connectivity index (χ2v) is 3.73. The highest BCUT2D eigenvalue weighted by atomic mass is 16.5. The lowest BCUT2D eigenvalue weighted by Gasteiger charge is -2.23. The molecule has 14 heavy (non-hydrogen) atoms. The zero-order valence-electron chi connectivity index (χ0n) is 8.48. The van der Waals surface area contributed by atoms with Crippen LogP contribution in [0.5, 0.6) is 0 Å². The van der Waals surface area contributed by atoms with Gasteiger partial charge in [0.1, 0.15) is 6.04 Å². The number of nitrogens with two attached hydrogens (primary N) is 1. The van der Waals surface area contributed by atoms with Gasteiger partial charge in [-0.2, -0.15) is 0 Å². The van der Waals surface area contributed by atoms with Gasteiger partial charge in [-0.25, -0.2) is 0 Å². The summed E-state index contributed by atoms with van der Waals surface area (Å²) < 4.78 is 5.24. The van der Waals surface area contributed by atoms with Crippen LogP contribution in [0.1, 0.15) is 12.8 Å². The monoisotopic (exact) mass is 202 g/mol. The highest BCUT2D eigenvalue weighted by molar-refractivity contribution is 5.72. The standard InChI is InChI=1S/C9H18N2O3/c1-11(7-3-5-14-6-7)4-2-8(10)9(12)13/h7-8H,2-6,10H2,1H3,(H,12,13). The Labute approximate surface area is 83.8 Å². The zero-order valence-corrected chi connectivity index (χ0v) is 8.48. The summed E-state index contributed by atoms with van der Waals surface area (Å²) in [5.41, 5.74) is 5.41. The van der Waals surface area contributed by atoms with Gasteiger partial charge in [-0.1, -0.05) is 0 Å². The number of carbonyl (C=O) groups is 1. The smallest absolute Gasteiger partial charge is 0.320 e. The molecule has 0 amide bonds. The highest BCUT2D eigenvalue weighted by Crippen LogP contribution is 2.10. The van der Waals surface area contributed by atoms with E-state index in [1.165, 1.54) is 0 Å². The van der Waals surface area contributed by atoms with E-state index in [1.807, 2.05) is 7.05 Å². The first-order valence-corrected chi connectivity index (χ1v) is 4.87.